The third-order valence-corrected chi connectivity index (χ3v) is 19.2. The molecule has 0 aliphatic carbocycles. The second-order valence-electron chi connectivity index (χ2n) is 20.4. The molecule has 0 spiro atoms. The van der Waals surface area contributed by atoms with E-state index in [9.17, 15) is 0 Å². The zero-order valence-corrected chi connectivity index (χ0v) is 39.1. The van der Waals surface area contributed by atoms with E-state index >= 15 is 0 Å². The van der Waals surface area contributed by atoms with Crippen molar-refractivity contribution < 1.29 is 0 Å². The molecule has 0 aromatic heterocycles. The van der Waals surface area contributed by atoms with Gasteiger partial charge < -0.3 is 9.80 Å². The molecule has 0 atom stereocenters. The Morgan fingerprint density at radius 1 is 0.429 bits per heavy atom. The number of benzene rings is 8. The SMILES string of the molecule is Cc1cc2c3c(c1)N(c1c(C)cccc1C)c1cc4c(cc1B3c1cc(C(C)(C)C)ccc1N2c1ccc(C(C)(C)C)cc1)[Si](c1ccccc1)(c1ccccc1)c1ccccc1-4. The summed E-state index contributed by atoms with van der Waals surface area (Å²) >= 11 is 0. The summed E-state index contributed by atoms with van der Waals surface area (Å²) in [6.45, 7) is 20.8. The lowest BCUT2D eigenvalue weighted by atomic mass is 9.33. The summed E-state index contributed by atoms with van der Waals surface area (Å²) in [5.41, 5.74) is 20.8. The fourth-order valence-corrected chi connectivity index (χ4v) is 16.5. The summed E-state index contributed by atoms with van der Waals surface area (Å²) in [7, 11) is -2.80. The van der Waals surface area contributed by atoms with Crippen molar-refractivity contribution in [1.29, 1.82) is 0 Å². The van der Waals surface area contributed by atoms with Crippen LogP contribution in [0.5, 0.6) is 0 Å². The van der Waals surface area contributed by atoms with Crippen molar-refractivity contribution in [2.24, 2.45) is 0 Å². The summed E-state index contributed by atoms with van der Waals surface area (Å²) in [4.78, 5) is 5.22. The van der Waals surface area contributed by atoms with Gasteiger partial charge in [0.15, 0.2) is 8.07 Å². The van der Waals surface area contributed by atoms with E-state index in [0.717, 1.165) is 0 Å². The summed E-state index contributed by atoms with van der Waals surface area (Å²) in [5, 5.41) is 5.79. The van der Waals surface area contributed by atoms with E-state index in [1.54, 1.807) is 0 Å². The Kier molecular flexibility index (Phi) is 8.82. The number of rotatable bonds is 4. The molecule has 0 fully saturated rings. The molecule has 3 aliphatic rings. The Hall–Kier alpha value is -6.36. The molecule has 0 amide bonds. The topological polar surface area (TPSA) is 6.48 Å². The maximum atomic E-state index is 2.70. The molecule has 63 heavy (non-hydrogen) atoms. The smallest absolute Gasteiger partial charge is 0.252 e. The lowest BCUT2D eigenvalue weighted by Gasteiger charge is -2.46. The Labute approximate surface area is 376 Å². The van der Waals surface area contributed by atoms with E-state index in [0.29, 0.717) is 0 Å². The molecule has 4 heteroatoms. The molecule has 8 aromatic rings. The van der Waals surface area contributed by atoms with Crippen LogP contribution in [0.3, 0.4) is 0 Å². The Morgan fingerprint density at radius 2 is 0.984 bits per heavy atom. The number of aryl methyl sites for hydroxylation is 3. The van der Waals surface area contributed by atoms with Gasteiger partial charge in [0, 0.05) is 28.4 Å². The van der Waals surface area contributed by atoms with Crippen LogP contribution in [0.2, 0.25) is 0 Å². The van der Waals surface area contributed by atoms with Crippen molar-refractivity contribution >= 4 is 86.0 Å². The number of hydrogen-bond acceptors (Lipinski definition) is 2. The molecular formula is C59H55BN2Si. The van der Waals surface area contributed by atoms with Crippen molar-refractivity contribution in [3.63, 3.8) is 0 Å². The van der Waals surface area contributed by atoms with E-state index < -0.39 is 8.07 Å². The van der Waals surface area contributed by atoms with Crippen LogP contribution in [0.1, 0.15) is 69.4 Å². The van der Waals surface area contributed by atoms with Crippen molar-refractivity contribution in [2.45, 2.75) is 73.1 Å². The van der Waals surface area contributed by atoms with Crippen molar-refractivity contribution in [3.05, 3.63) is 198 Å². The molecule has 11 rings (SSSR count). The van der Waals surface area contributed by atoms with Gasteiger partial charge in [-0.05, 0) is 144 Å². The first kappa shape index (κ1) is 39.5. The molecule has 0 bridgehead atoms. The molecule has 8 aromatic carbocycles. The number of para-hydroxylation sites is 1. The third kappa shape index (κ3) is 5.84. The van der Waals surface area contributed by atoms with Crippen LogP contribution in [-0.4, -0.2) is 14.8 Å². The molecule has 3 heterocycles. The van der Waals surface area contributed by atoms with Crippen LogP contribution >= 0.6 is 0 Å². The second-order valence-corrected chi connectivity index (χ2v) is 24.1. The van der Waals surface area contributed by atoms with E-state index in [4.69, 9.17) is 0 Å². The standard InChI is InChI=1S/C59H55BN2Si/c1-38-33-52-56-53(34-38)62(57-39(2)19-18-20-40(57)3)51-36-47-46-25-16-17-26-54(46)63(44-21-12-10-13-22-44,45-23-14-11-15-24-45)55(47)37-49(51)60(56)48-35-42(59(7,8)9)29-32-50(48)61(52)43-30-27-41(28-31-43)58(4,5)6/h10-37H,1-9H3. The highest BCUT2D eigenvalue weighted by atomic mass is 28.3. The van der Waals surface area contributed by atoms with Crippen LogP contribution < -0.4 is 46.9 Å². The largest absolute Gasteiger partial charge is 0.311 e. The molecule has 0 N–H and O–H groups in total. The number of hydrogen-bond donors (Lipinski definition) is 0. The Morgan fingerprint density at radius 3 is 1.60 bits per heavy atom. The van der Waals surface area contributed by atoms with Gasteiger partial charge in [0.1, 0.15) is 0 Å². The molecule has 0 saturated heterocycles. The highest BCUT2D eigenvalue weighted by molar-refractivity contribution is 7.22. The molecule has 3 aliphatic heterocycles. The van der Waals surface area contributed by atoms with Gasteiger partial charge in [-0.3, -0.25) is 0 Å². The molecule has 0 unspecified atom stereocenters. The van der Waals surface area contributed by atoms with E-state index in [1.807, 2.05) is 0 Å². The first-order chi connectivity index (χ1) is 30.3. The summed E-state index contributed by atoms with van der Waals surface area (Å²) in [6, 6.07) is 66.0. The van der Waals surface area contributed by atoms with Gasteiger partial charge in [-0.25, -0.2) is 0 Å². The Balaban J connectivity index is 1.29. The van der Waals surface area contributed by atoms with Gasteiger partial charge in [0.2, 0.25) is 0 Å². The fourth-order valence-electron chi connectivity index (χ4n) is 11.3. The molecular weight excluding hydrogens is 776 g/mol. The third-order valence-electron chi connectivity index (χ3n) is 14.3. The van der Waals surface area contributed by atoms with Gasteiger partial charge in [-0.2, -0.15) is 0 Å². The van der Waals surface area contributed by atoms with Gasteiger partial charge in [0.25, 0.3) is 6.71 Å². The minimum absolute atomic E-state index is 0.000770. The summed E-state index contributed by atoms with van der Waals surface area (Å²) in [5.74, 6) is 0. The van der Waals surface area contributed by atoms with Gasteiger partial charge in [-0.1, -0.05) is 175 Å². The first-order valence-electron chi connectivity index (χ1n) is 22.7. The monoisotopic (exact) mass is 830 g/mol. The van der Waals surface area contributed by atoms with Crippen LogP contribution in [0.15, 0.2) is 170 Å². The zero-order chi connectivity index (χ0) is 43.6. The minimum Gasteiger partial charge on any atom is -0.311 e. The predicted octanol–water partition coefficient (Wildman–Crippen LogP) is 10.6. The quantitative estimate of drug-likeness (QED) is 0.163. The lowest BCUT2D eigenvalue weighted by Crippen LogP contribution is -2.73. The van der Waals surface area contributed by atoms with E-state index in [2.05, 4.69) is 242 Å². The highest BCUT2D eigenvalue weighted by Crippen LogP contribution is 2.47. The average Bonchev–Trinajstić information content (AvgIpc) is 3.56. The van der Waals surface area contributed by atoms with E-state index in [-0.39, 0.29) is 17.5 Å². The van der Waals surface area contributed by atoms with E-state index in [1.165, 1.54) is 110 Å². The van der Waals surface area contributed by atoms with Crippen LogP contribution in [0.4, 0.5) is 34.1 Å². The highest BCUT2D eigenvalue weighted by Gasteiger charge is 2.51. The maximum absolute atomic E-state index is 2.80. The molecule has 308 valence electrons. The minimum atomic E-state index is -2.80. The van der Waals surface area contributed by atoms with Crippen molar-refractivity contribution in [2.75, 3.05) is 9.80 Å². The lowest BCUT2D eigenvalue weighted by molar-refractivity contribution is 0.590. The molecule has 0 radical (unpaired) electrons. The fraction of sp³-hybridized carbons (Fsp3) is 0.186. The van der Waals surface area contributed by atoms with Crippen LogP contribution in [0, 0.1) is 20.8 Å². The van der Waals surface area contributed by atoms with Crippen LogP contribution in [0.25, 0.3) is 11.1 Å². The number of anilines is 6. The van der Waals surface area contributed by atoms with Gasteiger partial charge in [0.05, 0.1) is 5.69 Å². The van der Waals surface area contributed by atoms with Gasteiger partial charge in [-0.15, -0.1) is 0 Å². The average molecular weight is 831 g/mol. The summed E-state index contributed by atoms with van der Waals surface area (Å²) < 4.78 is 0. The van der Waals surface area contributed by atoms with Crippen molar-refractivity contribution in [3.8, 4) is 11.1 Å². The van der Waals surface area contributed by atoms with Crippen molar-refractivity contribution in [1.82, 2.24) is 0 Å². The van der Waals surface area contributed by atoms with Crippen LogP contribution in [-0.2, 0) is 10.8 Å². The normalized spacial score (nSPS) is 14.5. The first-order valence-corrected chi connectivity index (χ1v) is 24.7. The Bertz CT molecular complexity index is 3060. The maximum Gasteiger partial charge on any atom is 0.252 e. The molecule has 2 nitrogen and oxygen atoms in total. The number of fused-ring (bicyclic) bond motifs is 7. The second kappa shape index (κ2) is 14.1. The zero-order valence-electron chi connectivity index (χ0n) is 38.1. The number of nitrogens with zero attached hydrogens (tertiary/aromatic N) is 2. The predicted molar refractivity (Wildman–Crippen MR) is 275 cm³/mol. The van der Waals surface area contributed by atoms with Gasteiger partial charge >= 0.3 is 0 Å². The molecule has 0 saturated carbocycles. The summed E-state index contributed by atoms with van der Waals surface area (Å²) in [6.07, 6.45) is 0.